The van der Waals surface area contributed by atoms with E-state index in [9.17, 15) is 26.0 Å². The number of halogens is 4. The molecule has 17 heavy (non-hydrogen) atoms. The predicted molar refractivity (Wildman–Crippen MR) is 53.3 cm³/mol. The van der Waals surface area contributed by atoms with Crippen LogP contribution < -0.4 is 0 Å². The average molecular weight is 270 g/mol. The number of rotatable bonds is 2. The second-order valence-electron chi connectivity index (χ2n) is 3.80. The Morgan fingerprint density at radius 1 is 0.882 bits per heavy atom. The first-order valence-corrected chi connectivity index (χ1v) is 6.23. The maximum atomic E-state index is 13.4. The van der Waals surface area contributed by atoms with Gasteiger partial charge >= 0.3 is 0 Å². The van der Waals surface area contributed by atoms with Crippen molar-refractivity contribution in [3.8, 4) is 0 Å². The lowest BCUT2D eigenvalue weighted by molar-refractivity contribution is 0.411. The predicted octanol–water partition coefficient (Wildman–Crippen LogP) is 2.73. The van der Waals surface area contributed by atoms with Crippen molar-refractivity contribution >= 4 is 9.84 Å². The second-order valence-corrected chi connectivity index (χ2v) is 6.24. The average Bonchev–Trinajstić information content (AvgIpc) is 2.23. The van der Waals surface area contributed by atoms with Crippen molar-refractivity contribution < 1.29 is 26.0 Å². The summed E-state index contributed by atoms with van der Waals surface area (Å²) in [5, 5.41) is -1.19. The Morgan fingerprint density at radius 3 is 1.53 bits per heavy atom. The molecule has 96 valence electrons. The van der Waals surface area contributed by atoms with Crippen LogP contribution in [-0.2, 0) is 9.84 Å². The molecule has 0 aliphatic carbocycles. The Bertz CT molecular complexity index is 535. The van der Waals surface area contributed by atoms with Gasteiger partial charge in [0.2, 0.25) is 0 Å². The maximum Gasteiger partial charge on any atom is 0.186 e. The van der Waals surface area contributed by atoms with Crippen LogP contribution in [-0.4, -0.2) is 13.7 Å². The van der Waals surface area contributed by atoms with E-state index in [-0.39, 0.29) is 0 Å². The number of hydrogen-bond donors (Lipinski definition) is 0. The van der Waals surface area contributed by atoms with E-state index >= 15 is 0 Å². The van der Waals surface area contributed by atoms with Gasteiger partial charge in [0.25, 0.3) is 0 Å². The molecule has 0 saturated heterocycles. The molecule has 2 nitrogen and oxygen atoms in total. The van der Waals surface area contributed by atoms with Gasteiger partial charge in [0, 0.05) is 5.56 Å². The first-order valence-electron chi connectivity index (χ1n) is 4.68. The van der Waals surface area contributed by atoms with Crippen LogP contribution in [0, 0.1) is 30.2 Å². The van der Waals surface area contributed by atoms with Gasteiger partial charge in [0.1, 0.15) is 4.90 Å². The van der Waals surface area contributed by atoms with Crippen molar-refractivity contribution in [3.05, 3.63) is 28.8 Å². The molecule has 0 aliphatic heterocycles. The minimum atomic E-state index is -4.43. The molecule has 0 aromatic heterocycles. The highest BCUT2D eigenvalue weighted by molar-refractivity contribution is 7.92. The largest absolute Gasteiger partial charge is 0.223 e. The molecule has 7 heteroatoms. The topological polar surface area (TPSA) is 34.1 Å². The lowest BCUT2D eigenvalue weighted by Gasteiger charge is -2.12. The molecule has 0 radical (unpaired) electrons. The van der Waals surface area contributed by atoms with Gasteiger partial charge in [-0.15, -0.1) is 0 Å². The van der Waals surface area contributed by atoms with Crippen molar-refractivity contribution in [3.63, 3.8) is 0 Å². The lowest BCUT2D eigenvalue weighted by atomic mass is 10.2. The van der Waals surface area contributed by atoms with E-state index < -0.39 is 48.8 Å². The fraction of sp³-hybridized carbons (Fsp3) is 0.400. The van der Waals surface area contributed by atoms with Crippen molar-refractivity contribution in [1.29, 1.82) is 0 Å². The van der Waals surface area contributed by atoms with Gasteiger partial charge in [-0.2, -0.15) is 0 Å². The van der Waals surface area contributed by atoms with Crippen molar-refractivity contribution in [1.82, 2.24) is 0 Å². The number of benzene rings is 1. The molecular weight excluding hydrogens is 260 g/mol. The standard InChI is InChI=1S/C10H10F4O2S/c1-4(2)17(15,16)10-8(13)6(11)5(3)7(12)9(10)14/h4H,1-3H3. The third kappa shape index (κ3) is 2.03. The smallest absolute Gasteiger partial charge is 0.186 e. The quantitative estimate of drug-likeness (QED) is 0.611. The Kier molecular flexibility index (Phi) is 3.52. The molecule has 0 heterocycles. The maximum absolute atomic E-state index is 13.4. The summed E-state index contributed by atoms with van der Waals surface area (Å²) in [4.78, 5) is -1.55. The summed E-state index contributed by atoms with van der Waals surface area (Å²) in [6.45, 7) is 3.14. The summed E-state index contributed by atoms with van der Waals surface area (Å²) < 4.78 is 76.3. The fourth-order valence-corrected chi connectivity index (χ4v) is 2.36. The van der Waals surface area contributed by atoms with Crippen molar-refractivity contribution in [2.24, 2.45) is 0 Å². The van der Waals surface area contributed by atoms with Gasteiger partial charge < -0.3 is 0 Å². The van der Waals surface area contributed by atoms with Crippen LogP contribution in [0.1, 0.15) is 19.4 Å². The summed E-state index contributed by atoms with van der Waals surface area (Å²) in [5.74, 6) is -7.14. The highest BCUT2D eigenvalue weighted by atomic mass is 32.2. The molecule has 1 aromatic rings. The fourth-order valence-electron chi connectivity index (χ4n) is 1.21. The molecule has 0 spiro atoms. The van der Waals surface area contributed by atoms with Crippen LogP contribution in [0.3, 0.4) is 0 Å². The van der Waals surface area contributed by atoms with Gasteiger partial charge in [0.05, 0.1) is 5.25 Å². The first-order chi connectivity index (χ1) is 7.62. The van der Waals surface area contributed by atoms with E-state index in [4.69, 9.17) is 0 Å². The molecule has 1 aromatic carbocycles. The third-order valence-corrected chi connectivity index (χ3v) is 4.52. The third-order valence-electron chi connectivity index (χ3n) is 2.35. The molecule has 0 saturated carbocycles. The first kappa shape index (κ1) is 14.0. The minimum absolute atomic E-state index is 0.822. The molecule has 0 bridgehead atoms. The van der Waals surface area contributed by atoms with Crippen LogP contribution >= 0.6 is 0 Å². The Hall–Kier alpha value is -1.11. The van der Waals surface area contributed by atoms with Crippen LogP contribution in [0.2, 0.25) is 0 Å². The highest BCUT2D eigenvalue weighted by Crippen LogP contribution is 2.29. The van der Waals surface area contributed by atoms with E-state index in [0.29, 0.717) is 0 Å². The van der Waals surface area contributed by atoms with E-state index in [1.165, 1.54) is 0 Å². The zero-order chi connectivity index (χ0) is 13.5. The summed E-state index contributed by atoms with van der Waals surface area (Å²) in [7, 11) is -4.43. The normalized spacial score (nSPS) is 12.2. The molecule has 0 amide bonds. The van der Waals surface area contributed by atoms with E-state index in [2.05, 4.69) is 0 Å². The van der Waals surface area contributed by atoms with Gasteiger partial charge in [-0.1, -0.05) is 0 Å². The Morgan fingerprint density at radius 2 is 1.24 bits per heavy atom. The zero-order valence-corrected chi connectivity index (χ0v) is 10.1. The van der Waals surface area contributed by atoms with Crippen LogP contribution in [0.15, 0.2) is 4.90 Å². The summed E-state index contributed by atoms with van der Waals surface area (Å²) in [6.07, 6.45) is 0. The number of hydrogen-bond acceptors (Lipinski definition) is 2. The molecular formula is C10H10F4O2S. The van der Waals surface area contributed by atoms with E-state index in [1.807, 2.05) is 0 Å². The monoisotopic (exact) mass is 270 g/mol. The van der Waals surface area contributed by atoms with Crippen LogP contribution in [0.25, 0.3) is 0 Å². The summed E-state index contributed by atoms with van der Waals surface area (Å²) in [6, 6.07) is 0. The SMILES string of the molecule is Cc1c(F)c(F)c(S(=O)(=O)C(C)C)c(F)c1F. The summed E-state index contributed by atoms with van der Waals surface area (Å²) >= 11 is 0. The van der Waals surface area contributed by atoms with E-state index in [1.54, 1.807) is 0 Å². The minimum Gasteiger partial charge on any atom is -0.223 e. The lowest BCUT2D eigenvalue weighted by Crippen LogP contribution is -2.19. The Labute approximate surface area is 96.2 Å². The van der Waals surface area contributed by atoms with Crippen molar-refractivity contribution in [2.45, 2.75) is 30.9 Å². The highest BCUT2D eigenvalue weighted by Gasteiger charge is 2.33. The second kappa shape index (κ2) is 4.29. The molecule has 0 aliphatic rings. The molecule has 0 N–H and O–H groups in total. The number of sulfone groups is 1. The molecule has 0 atom stereocenters. The molecule has 0 fully saturated rings. The summed E-state index contributed by atoms with van der Waals surface area (Å²) in [5.41, 5.74) is -0.886. The van der Waals surface area contributed by atoms with Crippen LogP contribution in [0.5, 0.6) is 0 Å². The van der Waals surface area contributed by atoms with E-state index in [0.717, 1.165) is 20.8 Å². The molecule has 0 unspecified atom stereocenters. The zero-order valence-electron chi connectivity index (χ0n) is 9.31. The van der Waals surface area contributed by atoms with Gasteiger partial charge in [-0.3, -0.25) is 0 Å². The van der Waals surface area contributed by atoms with Crippen LogP contribution in [0.4, 0.5) is 17.6 Å². The van der Waals surface area contributed by atoms with Crippen molar-refractivity contribution in [2.75, 3.05) is 0 Å². The van der Waals surface area contributed by atoms with Gasteiger partial charge in [-0.25, -0.2) is 26.0 Å². The molecule has 1 rings (SSSR count). The Balaban J connectivity index is 3.80. The van der Waals surface area contributed by atoms with Gasteiger partial charge in [0.15, 0.2) is 33.1 Å². The van der Waals surface area contributed by atoms with Gasteiger partial charge in [-0.05, 0) is 20.8 Å².